The van der Waals surface area contributed by atoms with Gasteiger partial charge in [-0.3, -0.25) is 4.79 Å². The third kappa shape index (κ3) is 2.82. The largest absolute Gasteiger partial charge is 0.388 e. The van der Waals surface area contributed by atoms with Gasteiger partial charge >= 0.3 is 0 Å². The van der Waals surface area contributed by atoms with Crippen LogP contribution in [-0.2, 0) is 6.42 Å². The Morgan fingerprint density at radius 2 is 2.33 bits per heavy atom. The van der Waals surface area contributed by atoms with Crippen molar-refractivity contribution in [2.75, 3.05) is 13.1 Å². The molecule has 1 unspecified atom stereocenters. The van der Waals surface area contributed by atoms with E-state index in [1.165, 1.54) is 0 Å². The van der Waals surface area contributed by atoms with E-state index in [1.54, 1.807) is 24.0 Å². The van der Waals surface area contributed by atoms with Gasteiger partial charge in [0.1, 0.15) is 5.15 Å². The number of aliphatic hydroxyl groups is 1. The summed E-state index contributed by atoms with van der Waals surface area (Å²) in [4.78, 5) is 18.1. The molecule has 1 aromatic rings. The number of pyridine rings is 1. The number of β-amino-alcohol motifs (C(OH)–C–C–N with tert-alkyl or cyclic N) is 1. The molecule has 1 amide bonds. The first-order valence-electron chi connectivity index (χ1n) is 6.09. The summed E-state index contributed by atoms with van der Waals surface area (Å²) in [6.45, 7) is 4.66. The summed E-state index contributed by atoms with van der Waals surface area (Å²) in [6.07, 6.45) is 1.34. The summed E-state index contributed by atoms with van der Waals surface area (Å²) in [5.41, 5.74) is 0.571. The van der Waals surface area contributed by atoms with Gasteiger partial charge in [-0.25, -0.2) is 4.98 Å². The molecule has 1 aromatic heterocycles. The number of hydrogen-bond acceptors (Lipinski definition) is 3. The van der Waals surface area contributed by atoms with Crippen molar-refractivity contribution in [3.05, 3.63) is 28.5 Å². The van der Waals surface area contributed by atoms with Crippen molar-refractivity contribution in [1.29, 1.82) is 0 Å². The Kier molecular flexibility index (Phi) is 3.59. The molecule has 5 heteroatoms. The van der Waals surface area contributed by atoms with Crippen LogP contribution in [0, 0.1) is 0 Å². The standard InChI is InChI=1S/C13H17ClN2O2/c1-3-10-6-9(7-11(14)15-10)12(17)16-5-4-13(2,18)8-16/h6-7,18H,3-5,8H2,1-2H3. The topological polar surface area (TPSA) is 53.4 Å². The van der Waals surface area contributed by atoms with Crippen molar-refractivity contribution in [3.63, 3.8) is 0 Å². The van der Waals surface area contributed by atoms with E-state index in [9.17, 15) is 9.90 Å². The SMILES string of the molecule is CCc1cc(C(=O)N2CCC(C)(O)C2)cc(Cl)n1. The second-order valence-electron chi connectivity index (χ2n) is 5.00. The first-order chi connectivity index (χ1) is 8.41. The summed E-state index contributed by atoms with van der Waals surface area (Å²) in [7, 11) is 0. The fourth-order valence-corrected chi connectivity index (χ4v) is 2.38. The number of likely N-dealkylation sites (tertiary alicyclic amines) is 1. The van der Waals surface area contributed by atoms with Crippen LogP contribution in [0.4, 0.5) is 0 Å². The zero-order valence-corrected chi connectivity index (χ0v) is 11.4. The predicted octanol–water partition coefficient (Wildman–Crippen LogP) is 1.89. The predicted molar refractivity (Wildman–Crippen MR) is 69.8 cm³/mol. The number of aromatic nitrogens is 1. The molecule has 1 N–H and O–H groups in total. The maximum Gasteiger partial charge on any atom is 0.254 e. The van der Waals surface area contributed by atoms with Crippen molar-refractivity contribution in [3.8, 4) is 0 Å². The maximum atomic E-state index is 12.3. The van der Waals surface area contributed by atoms with Crippen LogP contribution in [0.15, 0.2) is 12.1 Å². The van der Waals surface area contributed by atoms with Gasteiger partial charge in [-0.1, -0.05) is 18.5 Å². The van der Waals surface area contributed by atoms with Gasteiger partial charge in [-0.05, 0) is 31.9 Å². The highest BCUT2D eigenvalue weighted by atomic mass is 35.5. The fraction of sp³-hybridized carbons (Fsp3) is 0.538. The molecule has 98 valence electrons. The Labute approximate surface area is 112 Å². The van der Waals surface area contributed by atoms with Gasteiger partial charge in [-0.2, -0.15) is 0 Å². The lowest BCUT2D eigenvalue weighted by atomic mass is 10.1. The number of carbonyl (C=O) groups is 1. The molecule has 1 fully saturated rings. The number of carbonyl (C=O) groups excluding carboxylic acids is 1. The van der Waals surface area contributed by atoms with E-state index in [2.05, 4.69) is 4.98 Å². The average Bonchev–Trinajstić information content (AvgIpc) is 2.67. The molecular weight excluding hydrogens is 252 g/mol. The molecule has 0 bridgehead atoms. The van der Waals surface area contributed by atoms with E-state index in [0.717, 1.165) is 12.1 Å². The van der Waals surface area contributed by atoms with E-state index in [1.807, 2.05) is 6.92 Å². The molecule has 0 spiro atoms. The maximum absolute atomic E-state index is 12.3. The van der Waals surface area contributed by atoms with Crippen molar-refractivity contribution in [1.82, 2.24) is 9.88 Å². The first-order valence-corrected chi connectivity index (χ1v) is 6.47. The summed E-state index contributed by atoms with van der Waals surface area (Å²) >= 11 is 5.90. The third-order valence-corrected chi connectivity index (χ3v) is 3.39. The molecule has 1 aliphatic heterocycles. The van der Waals surface area contributed by atoms with Gasteiger partial charge in [0, 0.05) is 24.3 Å². The highest BCUT2D eigenvalue weighted by Crippen LogP contribution is 2.23. The average molecular weight is 269 g/mol. The summed E-state index contributed by atoms with van der Waals surface area (Å²) < 4.78 is 0. The quantitative estimate of drug-likeness (QED) is 0.834. The van der Waals surface area contributed by atoms with Crippen LogP contribution in [0.25, 0.3) is 0 Å². The molecule has 4 nitrogen and oxygen atoms in total. The number of halogens is 1. The minimum absolute atomic E-state index is 0.0909. The first kappa shape index (κ1) is 13.3. The number of aryl methyl sites for hydroxylation is 1. The molecule has 1 saturated heterocycles. The summed E-state index contributed by atoms with van der Waals surface area (Å²) in [5.74, 6) is -0.0909. The zero-order valence-electron chi connectivity index (χ0n) is 10.6. The molecule has 2 rings (SSSR count). The lowest BCUT2D eigenvalue weighted by molar-refractivity contribution is 0.0572. The van der Waals surface area contributed by atoms with Crippen LogP contribution >= 0.6 is 11.6 Å². The van der Waals surface area contributed by atoms with Crippen LogP contribution < -0.4 is 0 Å². The molecule has 0 aromatic carbocycles. The third-order valence-electron chi connectivity index (χ3n) is 3.20. The second-order valence-corrected chi connectivity index (χ2v) is 5.38. The van der Waals surface area contributed by atoms with Crippen molar-refractivity contribution >= 4 is 17.5 Å². The zero-order chi connectivity index (χ0) is 13.3. The van der Waals surface area contributed by atoms with Gasteiger partial charge < -0.3 is 10.0 Å². The Morgan fingerprint density at radius 3 is 2.89 bits per heavy atom. The van der Waals surface area contributed by atoms with E-state index in [-0.39, 0.29) is 5.91 Å². The van der Waals surface area contributed by atoms with Crippen LogP contribution in [0.3, 0.4) is 0 Å². The summed E-state index contributed by atoms with van der Waals surface area (Å²) in [5, 5.41) is 10.2. The van der Waals surface area contributed by atoms with Gasteiger partial charge in [-0.15, -0.1) is 0 Å². The fourth-order valence-electron chi connectivity index (χ4n) is 2.16. The second kappa shape index (κ2) is 4.86. The minimum Gasteiger partial charge on any atom is -0.388 e. The smallest absolute Gasteiger partial charge is 0.254 e. The van der Waals surface area contributed by atoms with Crippen molar-refractivity contribution < 1.29 is 9.90 Å². The molecule has 2 heterocycles. The van der Waals surface area contributed by atoms with Gasteiger partial charge in [0.15, 0.2) is 0 Å². The molecule has 1 aliphatic rings. The Bertz CT molecular complexity index is 474. The molecule has 0 aliphatic carbocycles. The summed E-state index contributed by atoms with van der Waals surface area (Å²) in [6, 6.07) is 3.34. The Hall–Kier alpha value is -1.13. The van der Waals surface area contributed by atoms with Crippen molar-refractivity contribution in [2.45, 2.75) is 32.3 Å². The molecular formula is C13H17ClN2O2. The molecule has 0 radical (unpaired) electrons. The van der Waals surface area contributed by atoms with Crippen LogP contribution in [0.5, 0.6) is 0 Å². The van der Waals surface area contributed by atoms with E-state index >= 15 is 0 Å². The highest BCUT2D eigenvalue weighted by Gasteiger charge is 2.34. The number of amides is 1. The number of rotatable bonds is 2. The van der Waals surface area contributed by atoms with Crippen LogP contribution in [0.1, 0.15) is 36.3 Å². The molecule has 1 atom stereocenters. The highest BCUT2D eigenvalue weighted by molar-refractivity contribution is 6.29. The minimum atomic E-state index is -0.778. The van der Waals surface area contributed by atoms with E-state index in [0.29, 0.717) is 30.2 Å². The lowest BCUT2D eigenvalue weighted by Gasteiger charge is -2.19. The van der Waals surface area contributed by atoms with Gasteiger partial charge in [0.2, 0.25) is 0 Å². The van der Waals surface area contributed by atoms with Crippen LogP contribution in [-0.4, -0.2) is 39.6 Å². The normalized spacial score (nSPS) is 23.4. The molecule has 18 heavy (non-hydrogen) atoms. The van der Waals surface area contributed by atoms with Crippen molar-refractivity contribution in [2.24, 2.45) is 0 Å². The van der Waals surface area contributed by atoms with E-state index in [4.69, 9.17) is 11.6 Å². The van der Waals surface area contributed by atoms with Crippen LogP contribution in [0.2, 0.25) is 5.15 Å². The lowest BCUT2D eigenvalue weighted by Crippen LogP contribution is -2.34. The van der Waals surface area contributed by atoms with E-state index < -0.39 is 5.60 Å². The monoisotopic (exact) mass is 268 g/mol. The Morgan fingerprint density at radius 1 is 1.61 bits per heavy atom. The van der Waals surface area contributed by atoms with Gasteiger partial charge in [0.05, 0.1) is 5.60 Å². The molecule has 0 saturated carbocycles. The van der Waals surface area contributed by atoms with Gasteiger partial charge in [0.25, 0.3) is 5.91 Å². The Balaban J connectivity index is 2.21. The number of hydrogen-bond donors (Lipinski definition) is 1. The number of nitrogens with zero attached hydrogens (tertiary/aromatic N) is 2.